The van der Waals surface area contributed by atoms with Gasteiger partial charge in [0.2, 0.25) is 0 Å². The predicted octanol–water partition coefficient (Wildman–Crippen LogP) is -0.344. The van der Waals surface area contributed by atoms with E-state index in [4.69, 9.17) is 5.11 Å². The van der Waals surface area contributed by atoms with Gasteiger partial charge >= 0.3 is 16.2 Å². The normalized spacial score (nSPS) is 13.8. The highest BCUT2D eigenvalue weighted by Crippen LogP contribution is 2.01. The first-order valence-electron chi connectivity index (χ1n) is 3.93. The molecule has 15 heavy (non-hydrogen) atoms. The Morgan fingerprint density at radius 3 is 2.47 bits per heavy atom. The summed E-state index contributed by atoms with van der Waals surface area (Å²) in [5.41, 5.74) is -0.356. The van der Waals surface area contributed by atoms with Gasteiger partial charge in [-0.1, -0.05) is 0 Å². The van der Waals surface area contributed by atoms with Crippen LogP contribution in [-0.4, -0.2) is 32.3 Å². The molecular weight excluding hydrogens is 224 g/mol. The van der Waals surface area contributed by atoms with E-state index in [0.29, 0.717) is 6.21 Å². The number of nitrogens with two attached hydrogens (primary N) is 1. The number of allylic oxidation sites excluding steroid dienone is 1. The average Bonchev–Trinajstić information content (AvgIpc) is 2.01. The zero-order valence-corrected chi connectivity index (χ0v) is 9.11. The molecule has 0 fully saturated rings. The quantitative estimate of drug-likeness (QED) is 0.299. The maximum Gasteiger partial charge on any atom is 0.343 e. The summed E-state index contributed by atoms with van der Waals surface area (Å²) in [5.74, 6) is -1.27. The highest BCUT2D eigenvalue weighted by molar-refractivity contribution is 7.87. The van der Waals surface area contributed by atoms with Crippen LogP contribution in [-0.2, 0) is 19.7 Å². The molecule has 0 aromatic carbocycles. The van der Waals surface area contributed by atoms with Gasteiger partial charge in [-0.25, -0.2) is 9.93 Å². The summed E-state index contributed by atoms with van der Waals surface area (Å²) >= 11 is 0. The van der Waals surface area contributed by atoms with Crippen LogP contribution in [0.4, 0.5) is 0 Å². The lowest BCUT2D eigenvalue weighted by molar-refractivity contribution is -0.138. The van der Waals surface area contributed by atoms with E-state index in [1.54, 1.807) is 6.92 Å². The lowest BCUT2D eigenvalue weighted by atomic mass is 10.2. The molecule has 0 saturated heterocycles. The maximum atomic E-state index is 11.1. The van der Waals surface area contributed by atoms with Crippen molar-refractivity contribution in [3.05, 3.63) is 11.3 Å². The number of hydrogen-bond acceptors (Lipinski definition) is 5. The first-order valence-corrected chi connectivity index (χ1v) is 5.43. The van der Waals surface area contributed by atoms with Gasteiger partial charge in [0.1, 0.15) is 11.3 Å². The SMILES string of the molecule is CCOC(=O)C(/C=N/S(N)(=O)=O)=C(/C)O. The van der Waals surface area contributed by atoms with E-state index in [1.165, 1.54) is 6.92 Å². The van der Waals surface area contributed by atoms with Crippen molar-refractivity contribution in [2.75, 3.05) is 6.61 Å². The molecule has 0 unspecified atom stereocenters. The first-order chi connectivity index (χ1) is 6.78. The molecule has 0 aliphatic heterocycles. The number of aliphatic hydroxyl groups excluding tert-OH is 1. The number of rotatable bonds is 4. The first kappa shape index (κ1) is 13.6. The van der Waals surface area contributed by atoms with Crippen molar-refractivity contribution in [3.63, 3.8) is 0 Å². The molecule has 0 rings (SSSR count). The van der Waals surface area contributed by atoms with Crippen molar-refractivity contribution >= 4 is 22.4 Å². The summed E-state index contributed by atoms with van der Waals surface area (Å²) in [4.78, 5) is 11.1. The molecule has 0 aromatic rings. The molecule has 0 heterocycles. The Morgan fingerprint density at radius 1 is 1.60 bits per heavy atom. The number of aliphatic hydroxyl groups is 1. The van der Waals surface area contributed by atoms with Gasteiger partial charge in [-0.05, 0) is 13.8 Å². The van der Waals surface area contributed by atoms with Gasteiger partial charge in [0.25, 0.3) is 0 Å². The molecule has 0 saturated carbocycles. The lowest BCUT2D eigenvalue weighted by Crippen LogP contribution is -2.13. The number of carbonyl (C=O) groups is 1. The minimum absolute atomic E-state index is 0.0961. The van der Waals surface area contributed by atoms with Crippen LogP contribution in [0.2, 0.25) is 0 Å². The van der Waals surface area contributed by atoms with Crippen molar-refractivity contribution in [3.8, 4) is 0 Å². The van der Waals surface area contributed by atoms with Gasteiger partial charge in [0.15, 0.2) is 0 Å². The summed E-state index contributed by atoms with van der Waals surface area (Å²) in [5, 5.41) is 13.6. The second kappa shape index (κ2) is 5.47. The fraction of sp³-hybridized carbons (Fsp3) is 0.429. The molecule has 0 atom stereocenters. The van der Waals surface area contributed by atoms with Crippen LogP contribution in [0.3, 0.4) is 0 Å². The minimum atomic E-state index is -4.08. The van der Waals surface area contributed by atoms with E-state index in [2.05, 4.69) is 14.3 Å². The van der Waals surface area contributed by atoms with E-state index < -0.39 is 21.9 Å². The molecular formula is C7H12N2O5S. The summed E-state index contributed by atoms with van der Waals surface area (Å²) < 4.78 is 28.4. The fourth-order valence-corrected chi connectivity index (χ4v) is 0.881. The van der Waals surface area contributed by atoms with Crippen LogP contribution >= 0.6 is 0 Å². The zero-order chi connectivity index (χ0) is 12.1. The fourth-order valence-electron chi connectivity index (χ4n) is 0.629. The second-order valence-corrected chi connectivity index (χ2v) is 3.71. The molecule has 0 aromatic heterocycles. The van der Waals surface area contributed by atoms with Crippen molar-refractivity contribution in [1.29, 1.82) is 0 Å². The van der Waals surface area contributed by atoms with Crippen LogP contribution in [0.25, 0.3) is 0 Å². The van der Waals surface area contributed by atoms with E-state index in [9.17, 15) is 13.2 Å². The number of esters is 1. The van der Waals surface area contributed by atoms with Crippen LogP contribution < -0.4 is 5.14 Å². The Hall–Kier alpha value is -1.41. The van der Waals surface area contributed by atoms with Crippen LogP contribution in [0.1, 0.15) is 13.8 Å². The number of carbonyl (C=O) groups excluding carboxylic acids is 1. The minimum Gasteiger partial charge on any atom is -0.512 e. The maximum absolute atomic E-state index is 11.1. The molecule has 7 nitrogen and oxygen atoms in total. The molecule has 0 aliphatic carbocycles. The standard InChI is InChI=1S/C7H12N2O5S/c1-3-14-7(11)6(5(2)10)4-9-15(8,12)13/h4,10H,3H2,1-2H3,(H2,8,12,13)/b6-5-,9-4+. The van der Waals surface area contributed by atoms with E-state index in [-0.39, 0.29) is 12.2 Å². The predicted molar refractivity (Wildman–Crippen MR) is 53.6 cm³/mol. The summed E-state index contributed by atoms with van der Waals surface area (Å²) in [6, 6.07) is 0. The third-order valence-corrected chi connectivity index (χ3v) is 1.61. The Kier molecular flexibility index (Phi) is 4.95. The summed E-state index contributed by atoms with van der Waals surface area (Å²) in [6.45, 7) is 2.86. The van der Waals surface area contributed by atoms with Crippen LogP contribution in [0.15, 0.2) is 15.7 Å². The number of hydrogen-bond donors (Lipinski definition) is 2. The number of ether oxygens (including phenoxy) is 1. The molecule has 0 aliphatic rings. The van der Waals surface area contributed by atoms with Crippen molar-refractivity contribution in [2.24, 2.45) is 9.54 Å². The zero-order valence-electron chi connectivity index (χ0n) is 8.30. The van der Waals surface area contributed by atoms with E-state index in [1.807, 2.05) is 0 Å². The van der Waals surface area contributed by atoms with Gasteiger partial charge < -0.3 is 9.84 Å². The second-order valence-electron chi connectivity index (χ2n) is 2.47. The van der Waals surface area contributed by atoms with Crippen molar-refractivity contribution in [2.45, 2.75) is 13.8 Å². The van der Waals surface area contributed by atoms with Gasteiger partial charge in [0.05, 0.1) is 12.8 Å². The largest absolute Gasteiger partial charge is 0.512 e. The van der Waals surface area contributed by atoms with Crippen LogP contribution in [0.5, 0.6) is 0 Å². The molecule has 86 valence electrons. The highest BCUT2D eigenvalue weighted by atomic mass is 32.2. The highest BCUT2D eigenvalue weighted by Gasteiger charge is 2.12. The van der Waals surface area contributed by atoms with Gasteiger partial charge in [-0.2, -0.15) is 12.8 Å². The third kappa shape index (κ3) is 5.81. The van der Waals surface area contributed by atoms with E-state index in [0.717, 1.165) is 0 Å². The van der Waals surface area contributed by atoms with Crippen LogP contribution in [0, 0.1) is 0 Å². The number of nitrogens with zero attached hydrogens (tertiary/aromatic N) is 1. The monoisotopic (exact) mass is 236 g/mol. The Bertz CT molecular complexity index is 392. The lowest BCUT2D eigenvalue weighted by Gasteiger charge is -2.02. The smallest absolute Gasteiger partial charge is 0.343 e. The molecule has 0 bridgehead atoms. The average molecular weight is 236 g/mol. The summed E-state index contributed by atoms with van der Waals surface area (Å²) in [6.07, 6.45) is 0.642. The molecule has 0 spiro atoms. The van der Waals surface area contributed by atoms with Gasteiger partial charge in [-0.15, -0.1) is 0 Å². The molecule has 8 heteroatoms. The van der Waals surface area contributed by atoms with Gasteiger partial charge in [-0.3, -0.25) is 0 Å². The van der Waals surface area contributed by atoms with E-state index >= 15 is 0 Å². The third-order valence-electron chi connectivity index (χ3n) is 1.21. The molecule has 0 radical (unpaired) electrons. The molecule has 3 N–H and O–H groups in total. The molecule has 0 amide bonds. The summed E-state index contributed by atoms with van der Waals surface area (Å²) in [7, 11) is -4.08. The Balaban J connectivity index is 4.98. The Morgan fingerprint density at radius 2 is 2.13 bits per heavy atom. The van der Waals surface area contributed by atoms with Crippen molar-refractivity contribution < 1.29 is 23.1 Å². The van der Waals surface area contributed by atoms with Crippen molar-refractivity contribution in [1.82, 2.24) is 0 Å². The van der Waals surface area contributed by atoms with Gasteiger partial charge in [0, 0.05) is 0 Å². The Labute approximate surface area is 87.4 Å². The topological polar surface area (TPSA) is 119 Å².